The van der Waals surface area contributed by atoms with Gasteiger partial charge in [-0.05, 0) is 19.1 Å². The molecule has 0 radical (unpaired) electrons. The summed E-state index contributed by atoms with van der Waals surface area (Å²) in [6, 6.07) is 6.58. The van der Waals surface area contributed by atoms with Gasteiger partial charge in [0.25, 0.3) is 5.91 Å². The van der Waals surface area contributed by atoms with E-state index in [0.717, 1.165) is 0 Å². The lowest BCUT2D eigenvalue weighted by Crippen LogP contribution is -2.16. The normalized spacial score (nSPS) is 11.6. The highest BCUT2D eigenvalue weighted by atomic mass is 16.5. The van der Waals surface area contributed by atoms with E-state index in [2.05, 4.69) is 5.32 Å². The van der Waals surface area contributed by atoms with Gasteiger partial charge in [0.2, 0.25) is 0 Å². The van der Waals surface area contributed by atoms with E-state index in [0.29, 0.717) is 16.7 Å². The summed E-state index contributed by atoms with van der Waals surface area (Å²) < 4.78 is 10.7. The monoisotopic (exact) mass is 314 g/mol. The fraction of sp³-hybridized carbons (Fsp3) is 0.188. The Kier molecular flexibility index (Phi) is 4.37. The Hall–Kier alpha value is -3.27. The Morgan fingerprint density at radius 1 is 1.35 bits per heavy atom. The molecule has 1 heterocycles. The van der Waals surface area contributed by atoms with Gasteiger partial charge in [0, 0.05) is 12.3 Å². The smallest absolute Gasteiger partial charge is 0.269 e. The van der Waals surface area contributed by atoms with E-state index in [-0.39, 0.29) is 11.4 Å². The molecule has 7 heteroatoms. The van der Waals surface area contributed by atoms with Crippen molar-refractivity contribution >= 4 is 28.3 Å². The number of aliphatic hydroxyl groups is 1. The Morgan fingerprint density at radius 2 is 2.04 bits per heavy atom. The standard InChI is InChI=1S/C16H14N2O5/c1-8(19)11(7-17)16(21)18-13-10-5-4-6-12(22-3)15(10)23-14(13)9(2)20/h4-6,19H,1-3H3,(H,18,21). The summed E-state index contributed by atoms with van der Waals surface area (Å²) in [5, 5.41) is 21.2. The highest BCUT2D eigenvalue weighted by Crippen LogP contribution is 2.36. The molecule has 23 heavy (non-hydrogen) atoms. The number of hydrogen-bond donors (Lipinski definition) is 2. The zero-order valence-electron chi connectivity index (χ0n) is 12.8. The van der Waals surface area contributed by atoms with Crippen molar-refractivity contribution in [1.29, 1.82) is 5.26 Å². The Morgan fingerprint density at radius 3 is 2.57 bits per heavy atom. The van der Waals surface area contributed by atoms with Crippen LogP contribution < -0.4 is 10.1 Å². The molecule has 0 spiro atoms. The van der Waals surface area contributed by atoms with Gasteiger partial charge in [0.15, 0.2) is 28.4 Å². The number of anilines is 1. The molecule has 0 fully saturated rings. The zero-order valence-corrected chi connectivity index (χ0v) is 12.8. The van der Waals surface area contributed by atoms with Gasteiger partial charge in [0.05, 0.1) is 12.8 Å². The molecule has 0 atom stereocenters. The SMILES string of the molecule is COc1cccc2c(NC(=O)C(C#N)=C(C)O)c(C(C)=O)oc12. The quantitative estimate of drug-likeness (QED) is 0.388. The predicted molar refractivity (Wildman–Crippen MR) is 82.3 cm³/mol. The molecule has 2 aromatic rings. The highest BCUT2D eigenvalue weighted by Gasteiger charge is 2.23. The molecule has 2 N–H and O–H groups in total. The van der Waals surface area contributed by atoms with Crippen molar-refractivity contribution in [3.05, 3.63) is 35.3 Å². The lowest BCUT2D eigenvalue weighted by Gasteiger charge is -2.04. The maximum atomic E-state index is 12.1. The zero-order chi connectivity index (χ0) is 17.1. The average molecular weight is 314 g/mol. The molecule has 0 unspecified atom stereocenters. The molecule has 7 nitrogen and oxygen atoms in total. The molecular weight excluding hydrogens is 300 g/mol. The van der Waals surface area contributed by atoms with Crippen molar-refractivity contribution in [2.75, 3.05) is 12.4 Å². The molecule has 0 aliphatic rings. The van der Waals surface area contributed by atoms with E-state index in [9.17, 15) is 14.7 Å². The fourth-order valence-corrected chi connectivity index (χ4v) is 2.10. The van der Waals surface area contributed by atoms with Crippen LogP contribution in [0.15, 0.2) is 33.9 Å². The van der Waals surface area contributed by atoms with E-state index in [1.807, 2.05) is 0 Å². The maximum absolute atomic E-state index is 12.1. The molecule has 0 saturated carbocycles. The van der Waals surface area contributed by atoms with Crippen LogP contribution in [-0.2, 0) is 4.79 Å². The summed E-state index contributed by atoms with van der Waals surface area (Å²) in [7, 11) is 1.45. The minimum atomic E-state index is -0.833. The number of benzene rings is 1. The molecule has 2 rings (SSSR count). The third kappa shape index (κ3) is 2.87. The first-order chi connectivity index (χ1) is 10.9. The second-order valence-corrected chi connectivity index (χ2v) is 4.73. The Balaban J connectivity index is 2.62. The molecule has 1 aromatic carbocycles. The third-order valence-corrected chi connectivity index (χ3v) is 3.16. The van der Waals surface area contributed by atoms with Crippen LogP contribution in [0.1, 0.15) is 24.4 Å². The van der Waals surface area contributed by atoms with Gasteiger partial charge in [-0.1, -0.05) is 6.07 Å². The summed E-state index contributed by atoms with van der Waals surface area (Å²) in [5.74, 6) is -1.31. The van der Waals surface area contributed by atoms with Crippen molar-refractivity contribution in [2.45, 2.75) is 13.8 Å². The number of furan rings is 1. The first kappa shape index (κ1) is 16.1. The van der Waals surface area contributed by atoms with Gasteiger partial charge >= 0.3 is 0 Å². The first-order valence-corrected chi connectivity index (χ1v) is 6.62. The largest absolute Gasteiger partial charge is 0.511 e. The van der Waals surface area contributed by atoms with Crippen molar-refractivity contribution in [3.63, 3.8) is 0 Å². The minimum absolute atomic E-state index is 0.0641. The number of nitrogens with zero attached hydrogens (tertiary/aromatic N) is 1. The Bertz CT molecular complexity index is 866. The average Bonchev–Trinajstić information content (AvgIpc) is 2.86. The van der Waals surface area contributed by atoms with Gasteiger partial charge in [-0.3, -0.25) is 9.59 Å². The number of nitriles is 1. The number of carbonyl (C=O) groups is 2. The second kappa shape index (κ2) is 6.23. The van der Waals surface area contributed by atoms with Gasteiger partial charge in [-0.15, -0.1) is 0 Å². The number of ether oxygens (including phenoxy) is 1. The number of amides is 1. The lowest BCUT2D eigenvalue weighted by atomic mass is 10.1. The summed E-state index contributed by atoms with van der Waals surface area (Å²) >= 11 is 0. The molecule has 0 bridgehead atoms. The molecule has 0 aliphatic heterocycles. The van der Waals surface area contributed by atoms with Crippen LogP contribution in [0.25, 0.3) is 11.0 Å². The summed E-state index contributed by atoms with van der Waals surface area (Å²) in [4.78, 5) is 23.9. The maximum Gasteiger partial charge on any atom is 0.269 e. The molecular formula is C16H14N2O5. The Labute approximate surface area is 131 Å². The number of rotatable bonds is 4. The third-order valence-electron chi connectivity index (χ3n) is 3.16. The van der Waals surface area contributed by atoms with E-state index in [1.54, 1.807) is 24.3 Å². The molecule has 1 aromatic heterocycles. The van der Waals surface area contributed by atoms with Crippen molar-refractivity contribution in [2.24, 2.45) is 0 Å². The summed E-state index contributed by atoms with van der Waals surface area (Å²) in [5.41, 5.74) is -0.0131. The van der Waals surface area contributed by atoms with Gasteiger partial charge in [0.1, 0.15) is 11.8 Å². The number of aliphatic hydroxyl groups excluding tert-OH is 1. The number of nitrogens with one attached hydrogen (secondary N) is 1. The molecule has 1 amide bonds. The van der Waals surface area contributed by atoms with Crippen molar-refractivity contribution in [1.82, 2.24) is 0 Å². The predicted octanol–water partition coefficient (Wildman–Crippen LogP) is 2.94. The topological polar surface area (TPSA) is 113 Å². The van der Waals surface area contributed by atoms with Crippen LogP contribution in [0.2, 0.25) is 0 Å². The van der Waals surface area contributed by atoms with E-state index in [4.69, 9.17) is 14.4 Å². The molecule has 118 valence electrons. The summed E-state index contributed by atoms with van der Waals surface area (Å²) in [6.07, 6.45) is 0. The number of fused-ring (bicyclic) bond motifs is 1. The van der Waals surface area contributed by atoms with E-state index < -0.39 is 23.0 Å². The van der Waals surface area contributed by atoms with E-state index >= 15 is 0 Å². The number of allylic oxidation sites excluding steroid dienone is 1. The van der Waals surface area contributed by atoms with Crippen LogP contribution in [0.5, 0.6) is 5.75 Å². The van der Waals surface area contributed by atoms with Crippen molar-refractivity contribution < 1.29 is 23.8 Å². The number of para-hydroxylation sites is 1. The van der Waals surface area contributed by atoms with Crippen LogP contribution >= 0.6 is 0 Å². The van der Waals surface area contributed by atoms with Gasteiger partial charge in [-0.2, -0.15) is 5.26 Å². The van der Waals surface area contributed by atoms with E-state index in [1.165, 1.54) is 21.0 Å². The number of hydrogen-bond acceptors (Lipinski definition) is 6. The van der Waals surface area contributed by atoms with Crippen LogP contribution in [-0.4, -0.2) is 23.9 Å². The second-order valence-electron chi connectivity index (χ2n) is 4.73. The van der Waals surface area contributed by atoms with Crippen molar-refractivity contribution in [3.8, 4) is 11.8 Å². The molecule has 0 aliphatic carbocycles. The lowest BCUT2D eigenvalue weighted by molar-refractivity contribution is -0.112. The van der Waals surface area contributed by atoms with Gasteiger partial charge < -0.3 is 19.6 Å². The summed E-state index contributed by atoms with van der Waals surface area (Å²) in [6.45, 7) is 2.51. The van der Waals surface area contributed by atoms with Gasteiger partial charge in [-0.25, -0.2) is 0 Å². The first-order valence-electron chi connectivity index (χ1n) is 6.62. The number of Topliss-reactive ketones (excluding diaryl/α,β-unsaturated/α-hetero) is 1. The fourth-order valence-electron chi connectivity index (χ4n) is 2.10. The number of methoxy groups -OCH3 is 1. The molecule has 0 saturated heterocycles. The minimum Gasteiger partial charge on any atom is -0.511 e. The van der Waals surface area contributed by atoms with Crippen LogP contribution in [0.4, 0.5) is 5.69 Å². The number of ketones is 1. The number of carbonyl (C=O) groups excluding carboxylic acids is 2. The van der Waals surface area contributed by atoms with Crippen LogP contribution in [0.3, 0.4) is 0 Å². The highest BCUT2D eigenvalue weighted by molar-refractivity contribution is 6.15. The van der Waals surface area contributed by atoms with Crippen LogP contribution in [0, 0.1) is 11.3 Å².